The minimum atomic E-state index is -0.346. The molecule has 0 aromatic heterocycles. The van der Waals surface area contributed by atoms with Crippen molar-refractivity contribution >= 4 is 0 Å². The summed E-state index contributed by atoms with van der Waals surface area (Å²) < 4.78 is 0. The van der Waals surface area contributed by atoms with E-state index in [1.807, 2.05) is 4.90 Å². The fraction of sp³-hybridized carbons (Fsp3) is 0.875. The molecule has 0 amide bonds. The molecule has 1 unspecified atom stereocenters. The first-order valence-electron chi connectivity index (χ1n) is 3.82. The van der Waals surface area contributed by atoms with Gasteiger partial charge in [0, 0.05) is 12.6 Å². The van der Waals surface area contributed by atoms with Crippen LogP contribution in [0.1, 0.15) is 27.2 Å². The Labute approximate surface area is 63.8 Å². The Bertz CT molecular complexity index is 73.3. The molecule has 0 aliphatic carbocycles. The third-order valence-electron chi connectivity index (χ3n) is 1.56. The van der Waals surface area contributed by atoms with Gasteiger partial charge < -0.3 is 5.11 Å². The van der Waals surface area contributed by atoms with Gasteiger partial charge in [0.05, 0.1) is 0 Å². The fourth-order valence-electron chi connectivity index (χ4n) is 1.06. The molecule has 0 saturated heterocycles. The largest absolute Gasteiger partial charge is 0.379 e. The summed E-state index contributed by atoms with van der Waals surface area (Å²) in [4.78, 5) is 2.01. The third kappa shape index (κ3) is 3.18. The van der Waals surface area contributed by atoms with Crippen molar-refractivity contribution in [1.82, 2.24) is 4.90 Å². The van der Waals surface area contributed by atoms with Crippen molar-refractivity contribution in [2.45, 2.75) is 39.5 Å². The third-order valence-corrected chi connectivity index (χ3v) is 1.56. The zero-order valence-corrected chi connectivity index (χ0v) is 7.17. The van der Waals surface area contributed by atoms with E-state index < -0.39 is 0 Å². The Kier molecular flexibility index (Phi) is 4.65. The molecule has 0 rings (SSSR count). The summed E-state index contributed by atoms with van der Waals surface area (Å²) in [6.07, 6.45) is 0.505. The van der Waals surface area contributed by atoms with Gasteiger partial charge in [0.25, 0.3) is 0 Å². The van der Waals surface area contributed by atoms with E-state index in [1.54, 1.807) is 6.92 Å². The summed E-state index contributed by atoms with van der Waals surface area (Å²) in [5, 5.41) is 9.21. The van der Waals surface area contributed by atoms with Crippen molar-refractivity contribution in [3.8, 4) is 0 Å². The standard InChI is InChI=1S/C8H18NO/c1-5-6-9(7(2)3)8(4)10/h7-8,10H,1,5-6H2,2-4H3. The van der Waals surface area contributed by atoms with Crippen LogP contribution >= 0.6 is 0 Å². The molecule has 10 heavy (non-hydrogen) atoms. The zero-order valence-electron chi connectivity index (χ0n) is 7.17. The van der Waals surface area contributed by atoms with Crippen LogP contribution in [0.15, 0.2) is 0 Å². The first-order chi connectivity index (χ1) is 4.59. The van der Waals surface area contributed by atoms with Crippen molar-refractivity contribution in [1.29, 1.82) is 0 Å². The van der Waals surface area contributed by atoms with Crippen LogP contribution in [-0.2, 0) is 0 Å². The van der Waals surface area contributed by atoms with E-state index in [1.165, 1.54) is 0 Å². The molecule has 0 fully saturated rings. The molecular weight excluding hydrogens is 126 g/mol. The smallest absolute Gasteiger partial charge is 0.104 e. The van der Waals surface area contributed by atoms with Gasteiger partial charge in [-0.1, -0.05) is 6.92 Å². The Hall–Kier alpha value is -0.0800. The van der Waals surface area contributed by atoms with Crippen LogP contribution in [0.25, 0.3) is 0 Å². The van der Waals surface area contributed by atoms with Crippen LogP contribution in [0.5, 0.6) is 0 Å². The van der Waals surface area contributed by atoms with Crippen LogP contribution < -0.4 is 0 Å². The van der Waals surface area contributed by atoms with E-state index in [9.17, 15) is 5.11 Å². The lowest BCUT2D eigenvalue weighted by Gasteiger charge is -2.28. The number of rotatable bonds is 4. The SMILES string of the molecule is [CH2]CCN(C(C)C)C(C)O. The monoisotopic (exact) mass is 144 g/mol. The van der Waals surface area contributed by atoms with Crippen LogP contribution in [0, 0.1) is 6.92 Å². The minimum absolute atomic E-state index is 0.346. The molecule has 0 aliphatic heterocycles. The summed E-state index contributed by atoms with van der Waals surface area (Å²) in [6.45, 7) is 10.5. The van der Waals surface area contributed by atoms with E-state index in [2.05, 4.69) is 20.8 Å². The van der Waals surface area contributed by atoms with Gasteiger partial charge in [-0.05, 0) is 27.2 Å². The van der Waals surface area contributed by atoms with Crippen molar-refractivity contribution < 1.29 is 5.11 Å². The highest BCUT2D eigenvalue weighted by Crippen LogP contribution is 2.02. The van der Waals surface area contributed by atoms with Crippen molar-refractivity contribution in [2.75, 3.05) is 6.54 Å². The molecule has 1 atom stereocenters. The van der Waals surface area contributed by atoms with Crippen molar-refractivity contribution in [2.24, 2.45) is 0 Å². The van der Waals surface area contributed by atoms with Gasteiger partial charge in [-0.25, -0.2) is 0 Å². The molecule has 2 heteroatoms. The first-order valence-corrected chi connectivity index (χ1v) is 3.82. The predicted molar refractivity (Wildman–Crippen MR) is 43.5 cm³/mol. The topological polar surface area (TPSA) is 23.5 Å². The highest BCUT2D eigenvalue weighted by molar-refractivity contribution is 4.63. The first kappa shape index (κ1) is 9.92. The van der Waals surface area contributed by atoms with E-state index in [0.29, 0.717) is 6.04 Å². The van der Waals surface area contributed by atoms with Gasteiger partial charge in [-0.2, -0.15) is 0 Å². The van der Waals surface area contributed by atoms with E-state index >= 15 is 0 Å². The maximum atomic E-state index is 9.21. The molecule has 1 radical (unpaired) electrons. The second-order valence-electron chi connectivity index (χ2n) is 2.82. The summed E-state index contributed by atoms with van der Waals surface area (Å²) in [7, 11) is 0. The van der Waals surface area contributed by atoms with Gasteiger partial charge in [0.15, 0.2) is 0 Å². The molecule has 0 saturated carbocycles. The number of aliphatic hydroxyl groups excluding tert-OH is 1. The summed E-state index contributed by atoms with van der Waals surface area (Å²) >= 11 is 0. The lowest BCUT2D eigenvalue weighted by atomic mass is 10.3. The van der Waals surface area contributed by atoms with Crippen molar-refractivity contribution in [3.63, 3.8) is 0 Å². The Balaban J connectivity index is 3.73. The van der Waals surface area contributed by atoms with E-state index in [0.717, 1.165) is 13.0 Å². The molecule has 2 nitrogen and oxygen atoms in total. The highest BCUT2D eigenvalue weighted by atomic mass is 16.3. The van der Waals surface area contributed by atoms with E-state index in [4.69, 9.17) is 0 Å². The van der Waals surface area contributed by atoms with Gasteiger partial charge >= 0.3 is 0 Å². The number of hydrogen-bond donors (Lipinski definition) is 1. The average molecular weight is 144 g/mol. The van der Waals surface area contributed by atoms with Gasteiger partial charge in [0.2, 0.25) is 0 Å². The summed E-state index contributed by atoms with van der Waals surface area (Å²) in [6, 6.07) is 0.404. The lowest BCUT2D eigenvalue weighted by molar-refractivity contribution is -0.00113. The van der Waals surface area contributed by atoms with Crippen LogP contribution in [0.4, 0.5) is 0 Å². The molecule has 1 N–H and O–H groups in total. The van der Waals surface area contributed by atoms with Gasteiger partial charge in [-0.15, -0.1) is 0 Å². The van der Waals surface area contributed by atoms with Gasteiger partial charge in [-0.3, -0.25) is 4.90 Å². The maximum absolute atomic E-state index is 9.21. The molecule has 0 heterocycles. The predicted octanol–water partition coefficient (Wildman–Crippen LogP) is 1.26. The Morgan fingerprint density at radius 3 is 2.00 bits per heavy atom. The van der Waals surface area contributed by atoms with Gasteiger partial charge in [0.1, 0.15) is 6.23 Å². The quantitative estimate of drug-likeness (QED) is 0.600. The molecule has 0 aromatic rings. The fourth-order valence-corrected chi connectivity index (χ4v) is 1.06. The molecular formula is C8H18NO. The number of nitrogens with zero attached hydrogens (tertiary/aromatic N) is 1. The molecule has 61 valence electrons. The lowest BCUT2D eigenvalue weighted by Crippen LogP contribution is -2.38. The Morgan fingerprint density at radius 1 is 1.40 bits per heavy atom. The second kappa shape index (κ2) is 4.69. The van der Waals surface area contributed by atoms with Crippen LogP contribution in [0.2, 0.25) is 0 Å². The minimum Gasteiger partial charge on any atom is -0.379 e. The van der Waals surface area contributed by atoms with Crippen LogP contribution in [0.3, 0.4) is 0 Å². The zero-order chi connectivity index (χ0) is 8.15. The van der Waals surface area contributed by atoms with E-state index in [-0.39, 0.29) is 6.23 Å². The summed E-state index contributed by atoms with van der Waals surface area (Å²) in [5.74, 6) is 0. The molecule has 0 aliphatic rings. The second-order valence-corrected chi connectivity index (χ2v) is 2.82. The molecule has 0 aromatic carbocycles. The normalized spacial score (nSPS) is 14.7. The number of hydrogen-bond acceptors (Lipinski definition) is 2. The number of aliphatic hydroxyl groups is 1. The van der Waals surface area contributed by atoms with Crippen molar-refractivity contribution in [3.05, 3.63) is 6.92 Å². The average Bonchev–Trinajstić information content (AvgIpc) is 1.81. The highest BCUT2D eigenvalue weighted by Gasteiger charge is 2.12. The Morgan fingerprint density at radius 2 is 1.90 bits per heavy atom. The summed E-state index contributed by atoms with van der Waals surface area (Å²) in [5.41, 5.74) is 0. The maximum Gasteiger partial charge on any atom is 0.104 e. The molecule has 0 bridgehead atoms. The molecule has 0 spiro atoms. The van der Waals surface area contributed by atoms with Crippen LogP contribution in [-0.4, -0.2) is 28.8 Å².